The van der Waals surface area contributed by atoms with Gasteiger partial charge in [0.2, 0.25) is 0 Å². The normalized spacial score (nSPS) is 17.9. The van der Waals surface area contributed by atoms with Gasteiger partial charge in [-0.3, -0.25) is 9.97 Å². The molecule has 0 spiro atoms. The van der Waals surface area contributed by atoms with E-state index in [4.69, 9.17) is 0 Å². The molecule has 1 saturated carbocycles. The molecule has 1 aliphatic carbocycles. The number of anilines is 1. The SMILES string of the molecule is c1cnc2cc(NC3CCCCCCC3)ccc2n1. The van der Waals surface area contributed by atoms with Gasteiger partial charge < -0.3 is 5.32 Å². The van der Waals surface area contributed by atoms with Crippen molar-refractivity contribution < 1.29 is 0 Å². The first-order valence-electron chi connectivity index (χ1n) is 7.39. The van der Waals surface area contributed by atoms with E-state index in [1.54, 1.807) is 12.4 Å². The molecule has 3 nitrogen and oxygen atoms in total. The van der Waals surface area contributed by atoms with Crippen LogP contribution in [0.1, 0.15) is 44.9 Å². The van der Waals surface area contributed by atoms with E-state index in [0.29, 0.717) is 6.04 Å². The number of aromatic nitrogens is 2. The van der Waals surface area contributed by atoms with Gasteiger partial charge in [0, 0.05) is 24.1 Å². The molecule has 0 bridgehead atoms. The van der Waals surface area contributed by atoms with Crippen molar-refractivity contribution in [3.8, 4) is 0 Å². The molecule has 1 fully saturated rings. The number of hydrogen-bond acceptors (Lipinski definition) is 3. The van der Waals surface area contributed by atoms with Gasteiger partial charge in [-0.1, -0.05) is 32.1 Å². The van der Waals surface area contributed by atoms with Crippen LogP contribution in [0.4, 0.5) is 5.69 Å². The highest BCUT2D eigenvalue weighted by atomic mass is 14.9. The molecule has 0 aliphatic heterocycles. The van der Waals surface area contributed by atoms with Crippen LogP contribution >= 0.6 is 0 Å². The van der Waals surface area contributed by atoms with Crippen molar-refractivity contribution in [2.75, 3.05) is 5.32 Å². The first kappa shape index (κ1) is 12.4. The van der Waals surface area contributed by atoms with Gasteiger partial charge in [-0.25, -0.2) is 0 Å². The summed E-state index contributed by atoms with van der Waals surface area (Å²) < 4.78 is 0. The Bertz CT molecular complexity index is 530. The molecule has 2 aromatic rings. The lowest BCUT2D eigenvalue weighted by molar-refractivity contribution is 0.471. The highest BCUT2D eigenvalue weighted by molar-refractivity contribution is 5.78. The monoisotopic (exact) mass is 255 g/mol. The second-order valence-electron chi connectivity index (χ2n) is 5.45. The van der Waals surface area contributed by atoms with Gasteiger partial charge in [0.25, 0.3) is 0 Å². The molecule has 0 amide bonds. The smallest absolute Gasteiger partial charge is 0.0907 e. The summed E-state index contributed by atoms with van der Waals surface area (Å²) in [5.41, 5.74) is 3.11. The van der Waals surface area contributed by atoms with E-state index < -0.39 is 0 Å². The minimum Gasteiger partial charge on any atom is -0.382 e. The largest absolute Gasteiger partial charge is 0.382 e. The molecule has 100 valence electrons. The van der Waals surface area contributed by atoms with E-state index in [-0.39, 0.29) is 0 Å². The molecule has 0 unspecified atom stereocenters. The zero-order chi connectivity index (χ0) is 12.9. The van der Waals surface area contributed by atoms with Crippen molar-refractivity contribution in [3.63, 3.8) is 0 Å². The minimum atomic E-state index is 0.620. The van der Waals surface area contributed by atoms with Crippen molar-refractivity contribution >= 4 is 16.7 Å². The molecular weight excluding hydrogens is 234 g/mol. The Balaban J connectivity index is 1.72. The maximum atomic E-state index is 4.37. The van der Waals surface area contributed by atoms with E-state index in [1.165, 1.54) is 50.6 Å². The molecule has 3 heteroatoms. The number of nitrogens with one attached hydrogen (secondary N) is 1. The fraction of sp³-hybridized carbons (Fsp3) is 0.500. The Hall–Kier alpha value is -1.64. The first-order valence-corrected chi connectivity index (χ1v) is 7.39. The van der Waals surface area contributed by atoms with Gasteiger partial charge in [-0.2, -0.15) is 0 Å². The summed E-state index contributed by atoms with van der Waals surface area (Å²) >= 11 is 0. The molecule has 1 aromatic heterocycles. The zero-order valence-electron chi connectivity index (χ0n) is 11.3. The van der Waals surface area contributed by atoms with Crippen LogP contribution in [-0.2, 0) is 0 Å². The maximum Gasteiger partial charge on any atom is 0.0907 e. The van der Waals surface area contributed by atoms with E-state index >= 15 is 0 Å². The van der Waals surface area contributed by atoms with Gasteiger partial charge in [0.1, 0.15) is 0 Å². The molecule has 3 rings (SSSR count). The van der Waals surface area contributed by atoms with Gasteiger partial charge in [0.05, 0.1) is 11.0 Å². The Morgan fingerprint density at radius 2 is 1.53 bits per heavy atom. The predicted molar refractivity (Wildman–Crippen MR) is 79.3 cm³/mol. The summed E-state index contributed by atoms with van der Waals surface area (Å²) in [4.78, 5) is 8.67. The molecule has 1 aromatic carbocycles. The standard InChI is InChI=1S/C16H21N3/c1-2-4-6-13(7-5-3-1)19-14-8-9-15-16(12-14)18-11-10-17-15/h8-13,19H,1-7H2. The third kappa shape index (κ3) is 3.22. The summed E-state index contributed by atoms with van der Waals surface area (Å²) in [6.07, 6.45) is 13.0. The fourth-order valence-electron chi connectivity index (χ4n) is 2.89. The number of rotatable bonds is 2. The van der Waals surface area contributed by atoms with Crippen LogP contribution in [0, 0.1) is 0 Å². The Morgan fingerprint density at radius 1 is 0.842 bits per heavy atom. The van der Waals surface area contributed by atoms with Gasteiger partial charge in [-0.05, 0) is 31.0 Å². The minimum absolute atomic E-state index is 0.620. The van der Waals surface area contributed by atoms with Crippen LogP contribution in [0.2, 0.25) is 0 Å². The highest BCUT2D eigenvalue weighted by Gasteiger charge is 2.11. The average molecular weight is 255 g/mol. The molecule has 19 heavy (non-hydrogen) atoms. The van der Waals surface area contributed by atoms with E-state index in [1.807, 2.05) is 6.07 Å². The van der Waals surface area contributed by atoms with Crippen LogP contribution in [0.25, 0.3) is 11.0 Å². The van der Waals surface area contributed by atoms with Crippen molar-refractivity contribution in [2.24, 2.45) is 0 Å². The van der Waals surface area contributed by atoms with E-state index in [9.17, 15) is 0 Å². The molecule has 1 N–H and O–H groups in total. The topological polar surface area (TPSA) is 37.8 Å². The van der Waals surface area contributed by atoms with Crippen LogP contribution in [0.5, 0.6) is 0 Å². The molecule has 0 atom stereocenters. The molecule has 1 heterocycles. The third-order valence-corrected chi connectivity index (χ3v) is 3.95. The lowest BCUT2D eigenvalue weighted by atomic mass is 9.96. The first-order chi connectivity index (χ1) is 9.42. The van der Waals surface area contributed by atoms with Crippen LogP contribution in [0.15, 0.2) is 30.6 Å². The summed E-state index contributed by atoms with van der Waals surface area (Å²) in [6, 6.07) is 6.90. The number of fused-ring (bicyclic) bond motifs is 1. The molecular formula is C16H21N3. The van der Waals surface area contributed by atoms with Crippen LogP contribution < -0.4 is 5.32 Å². The Kier molecular flexibility index (Phi) is 3.92. The quantitative estimate of drug-likeness (QED) is 0.875. The number of nitrogens with zero attached hydrogens (tertiary/aromatic N) is 2. The highest BCUT2D eigenvalue weighted by Crippen LogP contribution is 2.22. The zero-order valence-corrected chi connectivity index (χ0v) is 11.3. The summed E-state index contributed by atoms with van der Waals surface area (Å²) in [6.45, 7) is 0. The van der Waals surface area contributed by atoms with E-state index in [2.05, 4.69) is 27.4 Å². The molecule has 1 aliphatic rings. The Morgan fingerprint density at radius 3 is 2.32 bits per heavy atom. The van der Waals surface area contributed by atoms with Crippen molar-refractivity contribution in [1.82, 2.24) is 9.97 Å². The van der Waals surface area contributed by atoms with Crippen molar-refractivity contribution in [2.45, 2.75) is 51.0 Å². The molecule has 0 radical (unpaired) electrons. The lowest BCUT2D eigenvalue weighted by Crippen LogP contribution is -2.20. The fourth-order valence-corrected chi connectivity index (χ4v) is 2.89. The van der Waals surface area contributed by atoms with E-state index in [0.717, 1.165) is 11.0 Å². The second kappa shape index (κ2) is 6.00. The Labute approximate surface area is 114 Å². The number of benzene rings is 1. The van der Waals surface area contributed by atoms with Gasteiger partial charge >= 0.3 is 0 Å². The second-order valence-corrected chi connectivity index (χ2v) is 5.45. The lowest BCUT2D eigenvalue weighted by Gasteiger charge is -2.22. The van der Waals surface area contributed by atoms with Crippen LogP contribution in [0.3, 0.4) is 0 Å². The van der Waals surface area contributed by atoms with Gasteiger partial charge in [0.15, 0.2) is 0 Å². The van der Waals surface area contributed by atoms with Crippen molar-refractivity contribution in [3.05, 3.63) is 30.6 Å². The average Bonchev–Trinajstić information content (AvgIpc) is 2.41. The molecule has 0 saturated heterocycles. The predicted octanol–water partition coefficient (Wildman–Crippen LogP) is 4.15. The maximum absolute atomic E-state index is 4.37. The third-order valence-electron chi connectivity index (χ3n) is 3.95. The summed E-state index contributed by atoms with van der Waals surface area (Å²) in [7, 11) is 0. The van der Waals surface area contributed by atoms with Crippen LogP contribution in [-0.4, -0.2) is 16.0 Å². The summed E-state index contributed by atoms with van der Waals surface area (Å²) in [5.74, 6) is 0. The summed E-state index contributed by atoms with van der Waals surface area (Å²) in [5, 5.41) is 3.67. The van der Waals surface area contributed by atoms with Crippen molar-refractivity contribution in [1.29, 1.82) is 0 Å². The number of hydrogen-bond donors (Lipinski definition) is 1. The van der Waals surface area contributed by atoms with Gasteiger partial charge in [-0.15, -0.1) is 0 Å².